The van der Waals surface area contributed by atoms with E-state index in [1.807, 2.05) is 18.2 Å². The second-order valence-corrected chi connectivity index (χ2v) is 4.70. The first-order valence-corrected chi connectivity index (χ1v) is 6.51. The van der Waals surface area contributed by atoms with E-state index in [1.54, 1.807) is 6.92 Å². The summed E-state index contributed by atoms with van der Waals surface area (Å²) in [7, 11) is 0. The lowest BCUT2D eigenvalue weighted by Gasteiger charge is -2.13. The number of fused-ring (bicyclic) bond motifs is 1. The van der Waals surface area contributed by atoms with Gasteiger partial charge in [-0.15, -0.1) is 0 Å². The fourth-order valence-corrected chi connectivity index (χ4v) is 1.91. The largest absolute Gasteiger partial charge is 0.382 e. The van der Waals surface area contributed by atoms with E-state index in [0.29, 0.717) is 12.4 Å². The highest BCUT2D eigenvalue weighted by molar-refractivity contribution is 5.89. The highest BCUT2D eigenvalue weighted by Crippen LogP contribution is 2.18. The van der Waals surface area contributed by atoms with Crippen LogP contribution in [0, 0.1) is 0 Å². The number of benzene rings is 1. The Hall–Kier alpha value is -2.61. The average Bonchev–Trinajstić information content (AvgIpc) is 2.85. The molecule has 1 heterocycles. The predicted molar refractivity (Wildman–Crippen MR) is 79.0 cm³/mol. The lowest BCUT2D eigenvalue weighted by atomic mass is 10.1. The fourth-order valence-electron chi connectivity index (χ4n) is 1.91. The van der Waals surface area contributed by atoms with Crippen molar-refractivity contribution >= 4 is 28.5 Å². The van der Waals surface area contributed by atoms with Crippen molar-refractivity contribution in [2.45, 2.75) is 19.5 Å². The van der Waals surface area contributed by atoms with Crippen LogP contribution in [-0.2, 0) is 16.1 Å². The topological polar surface area (TPSA) is 139 Å². The van der Waals surface area contributed by atoms with E-state index in [1.165, 1.54) is 0 Å². The van der Waals surface area contributed by atoms with Crippen molar-refractivity contribution in [1.29, 1.82) is 0 Å². The number of nitrogens with zero attached hydrogens (tertiary/aromatic N) is 1. The molecule has 0 saturated heterocycles. The van der Waals surface area contributed by atoms with E-state index in [4.69, 9.17) is 11.5 Å². The van der Waals surface area contributed by atoms with E-state index in [-0.39, 0.29) is 18.4 Å². The molecule has 0 aliphatic rings. The summed E-state index contributed by atoms with van der Waals surface area (Å²) in [6.07, 6.45) is 0. The molecule has 1 aromatic heterocycles. The Kier molecular flexibility index (Phi) is 4.39. The van der Waals surface area contributed by atoms with Crippen molar-refractivity contribution in [3.8, 4) is 0 Å². The van der Waals surface area contributed by atoms with Crippen molar-refractivity contribution in [3.05, 3.63) is 23.8 Å². The third kappa shape index (κ3) is 3.48. The Labute approximate surface area is 121 Å². The zero-order valence-corrected chi connectivity index (χ0v) is 11.6. The van der Waals surface area contributed by atoms with E-state index >= 15 is 0 Å². The molecule has 2 rings (SSSR count). The number of H-pyrrole nitrogens is 1. The van der Waals surface area contributed by atoms with Crippen molar-refractivity contribution in [2.75, 3.05) is 12.3 Å². The number of nitrogen functional groups attached to an aromatic ring is 1. The minimum absolute atomic E-state index is 0.143. The van der Waals surface area contributed by atoms with Gasteiger partial charge in [-0.3, -0.25) is 14.7 Å². The summed E-state index contributed by atoms with van der Waals surface area (Å²) in [6.45, 7) is 1.80. The van der Waals surface area contributed by atoms with Crippen LogP contribution in [0.3, 0.4) is 0 Å². The molecule has 0 spiro atoms. The standard InChI is InChI=1S/C13H18N6O2/c1-7(17-11(20)5-14)13(21)16-6-8-2-3-9-10(4-8)18-19-12(9)15/h2-4,7H,5-6,14H2,1H3,(H,16,21)(H,17,20)(H3,15,18,19). The van der Waals surface area contributed by atoms with Crippen LogP contribution in [0.2, 0.25) is 0 Å². The minimum atomic E-state index is -0.632. The van der Waals surface area contributed by atoms with E-state index in [2.05, 4.69) is 20.8 Å². The molecule has 0 aliphatic carbocycles. The van der Waals surface area contributed by atoms with Crippen LogP contribution in [-0.4, -0.2) is 34.6 Å². The van der Waals surface area contributed by atoms with E-state index < -0.39 is 6.04 Å². The average molecular weight is 290 g/mol. The summed E-state index contributed by atoms with van der Waals surface area (Å²) in [4.78, 5) is 22.9. The molecule has 2 amide bonds. The third-order valence-corrected chi connectivity index (χ3v) is 3.08. The molecule has 1 unspecified atom stereocenters. The van der Waals surface area contributed by atoms with Crippen molar-refractivity contribution in [2.24, 2.45) is 5.73 Å². The van der Waals surface area contributed by atoms with Gasteiger partial charge in [-0.25, -0.2) is 0 Å². The summed E-state index contributed by atoms with van der Waals surface area (Å²) in [5, 5.41) is 12.8. The molecule has 7 N–H and O–H groups in total. The Bertz CT molecular complexity index is 666. The second kappa shape index (κ2) is 6.23. The lowest BCUT2D eigenvalue weighted by molar-refractivity contribution is -0.128. The maximum absolute atomic E-state index is 11.8. The number of nitrogens with two attached hydrogens (primary N) is 2. The van der Waals surface area contributed by atoms with Crippen molar-refractivity contribution in [1.82, 2.24) is 20.8 Å². The number of aromatic nitrogens is 2. The van der Waals surface area contributed by atoms with Crippen molar-refractivity contribution in [3.63, 3.8) is 0 Å². The molecular formula is C13H18N6O2. The number of anilines is 1. The molecule has 0 saturated carbocycles. The van der Waals surface area contributed by atoms with E-state index in [0.717, 1.165) is 16.5 Å². The molecule has 112 valence electrons. The SMILES string of the molecule is CC(NC(=O)CN)C(=O)NCc1ccc2c(N)n[nH]c2c1. The summed E-state index contributed by atoms with van der Waals surface area (Å²) >= 11 is 0. The minimum Gasteiger partial charge on any atom is -0.382 e. The molecule has 8 heteroatoms. The number of nitrogens with one attached hydrogen (secondary N) is 3. The van der Waals surface area contributed by atoms with Gasteiger partial charge in [-0.1, -0.05) is 6.07 Å². The molecule has 0 fully saturated rings. The van der Waals surface area contributed by atoms with Crippen LogP contribution in [0.15, 0.2) is 18.2 Å². The number of hydrogen-bond acceptors (Lipinski definition) is 5. The van der Waals surface area contributed by atoms with Gasteiger partial charge in [0.05, 0.1) is 12.1 Å². The number of aromatic amines is 1. The normalized spacial score (nSPS) is 12.1. The first-order valence-electron chi connectivity index (χ1n) is 6.51. The molecule has 1 atom stereocenters. The van der Waals surface area contributed by atoms with Crippen LogP contribution in [0.5, 0.6) is 0 Å². The van der Waals surface area contributed by atoms with Crippen LogP contribution in [0.1, 0.15) is 12.5 Å². The highest BCUT2D eigenvalue weighted by atomic mass is 16.2. The van der Waals surface area contributed by atoms with Gasteiger partial charge in [0.1, 0.15) is 6.04 Å². The first-order chi connectivity index (χ1) is 10.0. The monoisotopic (exact) mass is 290 g/mol. The van der Waals surface area contributed by atoms with Crippen LogP contribution in [0.4, 0.5) is 5.82 Å². The van der Waals surface area contributed by atoms with Crippen molar-refractivity contribution < 1.29 is 9.59 Å². The maximum atomic E-state index is 11.8. The second-order valence-electron chi connectivity index (χ2n) is 4.70. The maximum Gasteiger partial charge on any atom is 0.242 e. The quantitative estimate of drug-likeness (QED) is 0.492. The zero-order valence-electron chi connectivity index (χ0n) is 11.6. The van der Waals surface area contributed by atoms with Crippen LogP contribution in [0.25, 0.3) is 10.9 Å². The summed E-state index contributed by atoms with van der Waals surface area (Å²) in [5.74, 6) is -0.202. The van der Waals surface area contributed by atoms with Gasteiger partial charge < -0.3 is 22.1 Å². The lowest BCUT2D eigenvalue weighted by Crippen LogP contribution is -2.46. The number of hydrogen-bond donors (Lipinski definition) is 5. The van der Waals surface area contributed by atoms with Gasteiger partial charge in [0.25, 0.3) is 0 Å². The van der Waals surface area contributed by atoms with Gasteiger partial charge in [0.15, 0.2) is 5.82 Å². The molecule has 1 aromatic carbocycles. The molecule has 8 nitrogen and oxygen atoms in total. The summed E-state index contributed by atoms with van der Waals surface area (Å²) in [6, 6.07) is 4.93. The zero-order chi connectivity index (χ0) is 15.4. The number of carbonyl (C=O) groups excluding carboxylic acids is 2. The Morgan fingerprint density at radius 1 is 1.43 bits per heavy atom. The van der Waals surface area contributed by atoms with Gasteiger partial charge in [-0.05, 0) is 24.6 Å². The van der Waals surface area contributed by atoms with Gasteiger partial charge in [0.2, 0.25) is 11.8 Å². The first kappa shape index (κ1) is 14.8. The highest BCUT2D eigenvalue weighted by Gasteiger charge is 2.14. The Morgan fingerprint density at radius 2 is 2.19 bits per heavy atom. The van der Waals surface area contributed by atoms with Gasteiger partial charge in [0, 0.05) is 11.9 Å². The van der Waals surface area contributed by atoms with Crippen LogP contribution >= 0.6 is 0 Å². The molecule has 0 aliphatic heterocycles. The summed E-state index contributed by atoms with van der Waals surface area (Å²) in [5.41, 5.74) is 12.6. The summed E-state index contributed by atoms with van der Waals surface area (Å²) < 4.78 is 0. The molecule has 0 radical (unpaired) electrons. The number of amides is 2. The van der Waals surface area contributed by atoms with E-state index in [9.17, 15) is 9.59 Å². The Morgan fingerprint density at radius 3 is 2.90 bits per heavy atom. The molecule has 2 aromatic rings. The molecule has 21 heavy (non-hydrogen) atoms. The van der Waals surface area contributed by atoms with Crippen LogP contribution < -0.4 is 22.1 Å². The predicted octanol–water partition coefficient (Wildman–Crippen LogP) is -0.775. The molecular weight excluding hydrogens is 272 g/mol. The number of rotatable bonds is 5. The Balaban J connectivity index is 1.94. The number of carbonyl (C=O) groups is 2. The third-order valence-electron chi connectivity index (χ3n) is 3.08. The fraction of sp³-hybridized carbons (Fsp3) is 0.308. The van der Waals surface area contributed by atoms with Gasteiger partial charge in [-0.2, -0.15) is 5.10 Å². The van der Waals surface area contributed by atoms with Gasteiger partial charge >= 0.3 is 0 Å². The smallest absolute Gasteiger partial charge is 0.242 e. The molecule has 0 bridgehead atoms.